The molecule has 1 saturated heterocycles. The highest BCUT2D eigenvalue weighted by atomic mass is 32.2. The first kappa shape index (κ1) is 19.2. The zero-order valence-electron chi connectivity index (χ0n) is 16.0. The Morgan fingerprint density at radius 3 is 2.50 bits per heavy atom. The molecule has 0 spiro atoms. The van der Waals surface area contributed by atoms with Crippen LogP contribution in [0.25, 0.3) is 0 Å². The standard InChI is InChI=1S/C22H27N3O2S/c26-18-9-7-17(8-10-18)25-14-12-24(13-15-25)11-3-4-19-16-21(23-27)20-5-1-2-6-22(20)28-19/h1-2,5-10,19,26-27H,3-4,11-16H2. The molecule has 2 heterocycles. The van der Waals surface area contributed by atoms with Crippen LogP contribution in [0.5, 0.6) is 5.75 Å². The van der Waals surface area contributed by atoms with Crippen molar-refractivity contribution in [1.29, 1.82) is 0 Å². The second kappa shape index (κ2) is 8.88. The Bertz CT molecular complexity index is 817. The quantitative estimate of drug-likeness (QED) is 0.589. The van der Waals surface area contributed by atoms with Crippen molar-refractivity contribution in [3.05, 3.63) is 54.1 Å². The fraction of sp³-hybridized carbons (Fsp3) is 0.409. The fourth-order valence-corrected chi connectivity index (χ4v) is 5.40. The molecule has 6 heteroatoms. The highest BCUT2D eigenvalue weighted by Gasteiger charge is 2.25. The van der Waals surface area contributed by atoms with Crippen LogP contribution in [0.4, 0.5) is 5.69 Å². The topological polar surface area (TPSA) is 59.3 Å². The summed E-state index contributed by atoms with van der Waals surface area (Å²) in [5, 5.41) is 22.8. The van der Waals surface area contributed by atoms with E-state index in [2.05, 4.69) is 27.1 Å². The van der Waals surface area contributed by atoms with E-state index >= 15 is 0 Å². The smallest absolute Gasteiger partial charge is 0.115 e. The number of hydrogen-bond acceptors (Lipinski definition) is 6. The molecule has 0 aliphatic carbocycles. The van der Waals surface area contributed by atoms with E-state index < -0.39 is 0 Å². The number of rotatable bonds is 5. The molecule has 2 aliphatic heterocycles. The number of nitrogens with zero attached hydrogens (tertiary/aromatic N) is 3. The van der Waals surface area contributed by atoms with Gasteiger partial charge in [0.2, 0.25) is 0 Å². The van der Waals surface area contributed by atoms with Gasteiger partial charge in [-0.2, -0.15) is 0 Å². The van der Waals surface area contributed by atoms with E-state index in [0.29, 0.717) is 11.0 Å². The maximum absolute atomic E-state index is 9.44. The molecular weight excluding hydrogens is 370 g/mol. The van der Waals surface area contributed by atoms with Crippen LogP contribution in [0.15, 0.2) is 58.6 Å². The average molecular weight is 398 g/mol. The van der Waals surface area contributed by atoms with Gasteiger partial charge in [-0.15, -0.1) is 11.8 Å². The highest BCUT2D eigenvalue weighted by Crippen LogP contribution is 2.37. The molecule has 2 aliphatic rings. The molecule has 1 fully saturated rings. The molecule has 1 atom stereocenters. The van der Waals surface area contributed by atoms with Crippen LogP contribution in [0, 0.1) is 0 Å². The maximum Gasteiger partial charge on any atom is 0.115 e. The molecular formula is C22H27N3O2S. The van der Waals surface area contributed by atoms with Gasteiger partial charge in [-0.05, 0) is 49.7 Å². The molecule has 148 valence electrons. The largest absolute Gasteiger partial charge is 0.508 e. The number of phenols is 1. The molecule has 2 aromatic carbocycles. The summed E-state index contributed by atoms with van der Waals surface area (Å²) in [6.45, 7) is 5.32. The van der Waals surface area contributed by atoms with E-state index in [1.807, 2.05) is 36.0 Å². The van der Waals surface area contributed by atoms with Gasteiger partial charge in [-0.25, -0.2) is 0 Å². The Balaban J connectivity index is 1.23. The molecule has 2 aromatic rings. The Kier molecular flexibility index (Phi) is 6.07. The van der Waals surface area contributed by atoms with Crippen LogP contribution >= 0.6 is 11.8 Å². The second-order valence-electron chi connectivity index (χ2n) is 7.47. The van der Waals surface area contributed by atoms with Crippen LogP contribution in [0.1, 0.15) is 24.8 Å². The number of aromatic hydroxyl groups is 1. The molecule has 0 radical (unpaired) electrons. The summed E-state index contributed by atoms with van der Waals surface area (Å²) in [6.07, 6.45) is 3.14. The highest BCUT2D eigenvalue weighted by molar-refractivity contribution is 8.00. The minimum absolute atomic E-state index is 0.319. The zero-order chi connectivity index (χ0) is 19.3. The van der Waals surface area contributed by atoms with Crippen molar-refractivity contribution in [1.82, 2.24) is 4.90 Å². The summed E-state index contributed by atoms with van der Waals surface area (Å²) in [5.41, 5.74) is 3.09. The Morgan fingerprint density at radius 2 is 1.75 bits per heavy atom. The molecule has 0 amide bonds. The van der Waals surface area contributed by atoms with Crippen molar-refractivity contribution in [3.63, 3.8) is 0 Å². The van der Waals surface area contributed by atoms with E-state index in [9.17, 15) is 10.3 Å². The third kappa shape index (κ3) is 4.45. The number of fused-ring (bicyclic) bond motifs is 1. The van der Waals surface area contributed by atoms with Crippen molar-refractivity contribution in [3.8, 4) is 5.75 Å². The van der Waals surface area contributed by atoms with Gasteiger partial charge >= 0.3 is 0 Å². The van der Waals surface area contributed by atoms with Gasteiger partial charge in [0.05, 0.1) is 5.71 Å². The second-order valence-corrected chi connectivity index (χ2v) is 8.82. The molecule has 28 heavy (non-hydrogen) atoms. The summed E-state index contributed by atoms with van der Waals surface area (Å²) in [5.74, 6) is 0.319. The Morgan fingerprint density at radius 1 is 1.00 bits per heavy atom. The van der Waals surface area contributed by atoms with E-state index in [1.54, 1.807) is 12.1 Å². The lowest BCUT2D eigenvalue weighted by atomic mass is 10.0. The number of oxime groups is 1. The minimum Gasteiger partial charge on any atom is -0.508 e. The third-order valence-corrected chi connectivity index (χ3v) is 6.97. The molecule has 1 unspecified atom stereocenters. The minimum atomic E-state index is 0.319. The number of thioether (sulfide) groups is 1. The molecule has 0 aromatic heterocycles. The van der Waals surface area contributed by atoms with E-state index in [0.717, 1.165) is 63.3 Å². The normalized spacial score (nSPS) is 21.6. The lowest BCUT2D eigenvalue weighted by Crippen LogP contribution is -2.46. The van der Waals surface area contributed by atoms with Crippen LogP contribution in [0.2, 0.25) is 0 Å². The molecule has 5 nitrogen and oxygen atoms in total. The monoisotopic (exact) mass is 397 g/mol. The Labute approximate surface area is 170 Å². The average Bonchev–Trinajstić information content (AvgIpc) is 2.74. The van der Waals surface area contributed by atoms with Crippen molar-refractivity contribution in [2.75, 3.05) is 37.6 Å². The molecule has 0 bridgehead atoms. The van der Waals surface area contributed by atoms with Gasteiger partial charge < -0.3 is 15.2 Å². The molecule has 4 rings (SSSR count). The number of piperazine rings is 1. The van der Waals surface area contributed by atoms with Crippen LogP contribution in [-0.4, -0.2) is 58.9 Å². The van der Waals surface area contributed by atoms with Crippen LogP contribution in [-0.2, 0) is 0 Å². The predicted octanol–water partition coefficient (Wildman–Crippen LogP) is 4.04. The van der Waals surface area contributed by atoms with Gasteiger partial charge in [-0.3, -0.25) is 4.90 Å². The molecule has 0 saturated carbocycles. The summed E-state index contributed by atoms with van der Waals surface area (Å²) in [7, 11) is 0. The summed E-state index contributed by atoms with van der Waals surface area (Å²) >= 11 is 1.92. The number of hydrogen-bond donors (Lipinski definition) is 2. The number of anilines is 1. The first-order valence-electron chi connectivity index (χ1n) is 9.96. The van der Waals surface area contributed by atoms with Gasteiger partial charge in [0.25, 0.3) is 0 Å². The first-order valence-corrected chi connectivity index (χ1v) is 10.8. The van der Waals surface area contributed by atoms with Crippen molar-refractivity contribution >= 4 is 23.2 Å². The van der Waals surface area contributed by atoms with Gasteiger partial charge in [0, 0.05) is 54.0 Å². The van der Waals surface area contributed by atoms with Crippen molar-refractivity contribution < 1.29 is 10.3 Å². The maximum atomic E-state index is 9.44. The lowest BCUT2D eigenvalue weighted by Gasteiger charge is -2.36. The SMILES string of the molecule is ON=C1CC(CCCN2CCN(c3ccc(O)cc3)CC2)Sc2ccccc21. The van der Waals surface area contributed by atoms with Gasteiger partial charge in [0.1, 0.15) is 5.75 Å². The fourth-order valence-electron chi connectivity index (χ4n) is 4.05. The summed E-state index contributed by atoms with van der Waals surface area (Å²) < 4.78 is 0. The van der Waals surface area contributed by atoms with E-state index in [-0.39, 0.29) is 0 Å². The number of benzene rings is 2. The summed E-state index contributed by atoms with van der Waals surface area (Å²) in [4.78, 5) is 6.15. The predicted molar refractivity (Wildman–Crippen MR) is 115 cm³/mol. The first-order chi connectivity index (χ1) is 13.7. The van der Waals surface area contributed by atoms with Crippen LogP contribution in [0.3, 0.4) is 0 Å². The van der Waals surface area contributed by atoms with E-state index in [4.69, 9.17) is 0 Å². The summed E-state index contributed by atoms with van der Waals surface area (Å²) in [6, 6.07) is 15.7. The zero-order valence-corrected chi connectivity index (χ0v) is 16.8. The van der Waals surface area contributed by atoms with Gasteiger partial charge in [-0.1, -0.05) is 23.4 Å². The lowest BCUT2D eigenvalue weighted by molar-refractivity contribution is 0.252. The van der Waals surface area contributed by atoms with Crippen molar-refractivity contribution in [2.45, 2.75) is 29.4 Å². The van der Waals surface area contributed by atoms with E-state index in [1.165, 1.54) is 10.6 Å². The van der Waals surface area contributed by atoms with Crippen molar-refractivity contribution in [2.24, 2.45) is 5.16 Å². The number of phenolic OH excluding ortho intramolecular Hbond substituents is 1. The van der Waals surface area contributed by atoms with Crippen LogP contribution < -0.4 is 4.90 Å². The third-order valence-electron chi connectivity index (χ3n) is 5.62. The molecule has 2 N–H and O–H groups in total. The van der Waals surface area contributed by atoms with Gasteiger partial charge in [0.15, 0.2) is 0 Å². The Hall–Kier alpha value is -2.18.